The first-order valence-electron chi connectivity index (χ1n) is 14.6. The zero-order valence-corrected chi connectivity index (χ0v) is 24.6. The lowest BCUT2D eigenvalue weighted by molar-refractivity contribution is -0.112. The molecule has 1 atom stereocenters. The van der Waals surface area contributed by atoms with Crippen LogP contribution in [0.25, 0.3) is 11.1 Å². The second-order valence-corrected chi connectivity index (χ2v) is 11.3. The zero-order chi connectivity index (χ0) is 29.6. The van der Waals surface area contributed by atoms with Gasteiger partial charge in [-0.2, -0.15) is 0 Å². The highest BCUT2D eigenvalue weighted by Crippen LogP contribution is 2.45. The van der Waals surface area contributed by atoms with E-state index in [9.17, 15) is 9.59 Å². The summed E-state index contributed by atoms with van der Waals surface area (Å²) < 4.78 is 5.77. The fourth-order valence-corrected chi connectivity index (χ4v) is 6.70. The molecule has 0 unspecified atom stereocenters. The summed E-state index contributed by atoms with van der Waals surface area (Å²) in [5, 5.41) is 2.42. The number of benzene rings is 5. The molecule has 43 heavy (non-hydrogen) atoms. The summed E-state index contributed by atoms with van der Waals surface area (Å²) in [5.41, 5.74) is 7.38. The molecule has 0 bridgehead atoms. The van der Waals surface area contributed by atoms with E-state index in [4.69, 9.17) is 4.74 Å². The van der Waals surface area contributed by atoms with Crippen molar-refractivity contribution in [1.82, 2.24) is 5.32 Å². The molecule has 1 amide bonds. The number of carbonyl (C=O) groups excluding carboxylic acids is 2. The highest BCUT2D eigenvalue weighted by atomic mass is 32.1. The molecule has 5 heteroatoms. The number of alkyl carbamates (subject to hydrolysis) is 1. The molecule has 1 N–H and O–H groups in total. The number of rotatable bonds is 10. The summed E-state index contributed by atoms with van der Waals surface area (Å²) in [6.07, 6.45) is 0.302. The van der Waals surface area contributed by atoms with Gasteiger partial charge in [0.1, 0.15) is 12.6 Å². The van der Waals surface area contributed by atoms with Gasteiger partial charge in [0, 0.05) is 11.3 Å². The molecule has 214 valence electrons. The molecule has 5 aromatic rings. The number of hydrogen-bond donors (Lipinski definition) is 2. The molecule has 6 rings (SSSR count). The van der Waals surface area contributed by atoms with Crippen molar-refractivity contribution in [3.05, 3.63) is 167 Å². The van der Waals surface area contributed by atoms with Gasteiger partial charge in [0.2, 0.25) is 5.12 Å². The molecular formula is C38H33NO3S. The highest BCUT2D eigenvalue weighted by Gasteiger charge is 2.37. The van der Waals surface area contributed by atoms with Crippen LogP contribution in [0.15, 0.2) is 140 Å². The fraction of sp³-hybridized carbons (Fsp3) is 0.158. The summed E-state index contributed by atoms with van der Waals surface area (Å²) in [4.78, 5) is 25.9. The third kappa shape index (κ3) is 5.73. The maximum atomic E-state index is 13.2. The minimum absolute atomic E-state index is 0.0646. The van der Waals surface area contributed by atoms with Crippen molar-refractivity contribution in [3.8, 4) is 11.1 Å². The quantitative estimate of drug-likeness (QED) is 0.129. The van der Waals surface area contributed by atoms with Crippen LogP contribution >= 0.6 is 12.6 Å². The lowest BCUT2D eigenvalue weighted by Crippen LogP contribution is -2.41. The second kappa shape index (κ2) is 12.7. The Bertz CT molecular complexity index is 1560. The molecular weight excluding hydrogens is 550 g/mol. The number of hydrogen-bond acceptors (Lipinski definition) is 3. The van der Waals surface area contributed by atoms with Gasteiger partial charge in [-0.1, -0.05) is 140 Å². The second-order valence-electron chi connectivity index (χ2n) is 10.9. The molecule has 0 saturated carbocycles. The molecule has 0 heterocycles. The summed E-state index contributed by atoms with van der Waals surface area (Å²) >= 11 is 4.18. The first-order valence-corrected chi connectivity index (χ1v) is 15.0. The minimum atomic E-state index is -0.825. The van der Waals surface area contributed by atoms with Gasteiger partial charge in [0.25, 0.3) is 0 Å². The average molecular weight is 584 g/mol. The highest BCUT2D eigenvalue weighted by molar-refractivity contribution is 7.96. The van der Waals surface area contributed by atoms with E-state index < -0.39 is 22.7 Å². The van der Waals surface area contributed by atoms with Crippen LogP contribution in [-0.2, 0) is 14.9 Å². The topological polar surface area (TPSA) is 55.4 Å². The maximum absolute atomic E-state index is 13.2. The largest absolute Gasteiger partial charge is 0.449 e. The Morgan fingerprint density at radius 1 is 0.651 bits per heavy atom. The molecule has 1 aliphatic rings. The van der Waals surface area contributed by atoms with Crippen LogP contribution in [-0.4, -0.2) is 23.9 Å². The van der Waals surface area contributed by atoms with E-state index in [1.54, 1.807) is 0 Å². The Kier molecular flexibility index (Phi) is 8.43. The van der Waals surface area contributed by atoms with Crippen LogP contribution in [0.5, 0.6) is 0 Å². The van der Waals surface area contributed by atoms with E-state index in [2.05, 4.69) is 78.6 Å². The number of nitrogens with one attached hydrogen (secondary N) is 1. The normalized spacial score (nSPS) is 13.0. The molecule has 0 fully saturated rings. The van der Waals surface area contributed by atoms with Gasteiger partial charge in [0.15, 0.2) is 0 Å². The van der Waals surface area contributed by atoms with Gasteiger partial charge in [-0.3, -0.25) is 4.79 Å². The van der Waals surface area contributed by atoms with Gasteiger partial charge in [-0.25, -0.2) is 4.79 Å². The zero-order valence-electron chi connectivity index (χ0n) is 23.7. The molecule has 1 aliphatic carbocycles. The number of fused-ring (bicyclic) bond motifs is 3. The van der Waals surface area contributed by atoms with Crippen LogP contribution in [0, 0.1) is 0 Å². The molecule has 4 nitrogen and oxygen atoms in total. The van der Waals surface area contributed by atoms with Crippen molar-refractivity contribution in [2.24, 2.45) is 0 Å². The van der Waals surface area contributed by atoms with Crippen LogP contribution in [0.1, 0.15) is 46.6 Å². The number of carbonyl (C=O) groups is 2. The Labute approximate surface area is 258 Å². The van der Waals surface area contributed by atoms with Gasteiger partial charge in [-0.15, -0.1) is 12.6 Å². The van der Waals surface area contributed by atoms with E-state index in [1.165, 1.54) is 0 Å². The van der Waals surface area contributed by atoms with Crippen molar-refractivity contribution in [2.45, 2.75) is 30.2 Å². The lowest BCUT2D eigenvalue weighted by atomic mass is 9.66. The third-order valence-corrected chi connectivity index (χ3v) is 8.85. The van der Waals surface area contributed by atoms with Crippen molar-refractivity contribution >= 4 is 23.8 Å². The van der Waals surface area contributed by atoms with Gasteiger partial charge in [0.05, 0.1) is 0 Å². The first-order chi connectivity index (χ1) is 21.1. The number of amides is 1. The Morgan fingerprint density at radius 3 is 1.51 bits per heavy atom. The van der Waals surface area contributed by atoms with Crippen LogP contribution in [0.2, 0.25) is 0 Å². The van der Waals surface area contributed by atoms with E-state index in [-0.39, 0.29) is 12.5 Å². The summed E-state index contributed by atoms with van der Waals surface area (Å²) in [6.45, 7) is 0.176. The predicted molar refractivity (Wildman–Crippen MR) is 174 cm³/mol. The molecule has 5 aromatic carbocycles. The average Bonchev–Trinajstić information content (AvgIpc) is 3.38. The van der Waals surface area contributed by atoms with E-state index >= 15 is 0 Å². The summed E-state index contributed by atoms with van der Waals surface area (Å²) in [5.74, 6) is -0.0646. The monoisotopic (exact) mass is 583 g/mol. The molecule has 0 aliphatic heterocycles. The fourth-order valence-electron chi connectivity index (χ4n) is 6.50. The van der Waals surface area contributed by atoms with Crippen molar-refractivity contribution in [1.29, 1.82) is 0 Å². The molecule has 0 saturated heterocycles. The van der Waals surface area contributed by atoms with Crippen molar-refractivity contribution in [3.63, 3.8) is 0 Å². The van der Waals surface area contributed by atoms with Gasteiger partial charge in [-0.05, 0) is 51.8 Å². The smallest absolute Gasteiger partial charge is 0.407 e. The number of ether oxygens (including phenoxy) is 1. The van der Waals surface area contributed by atoms with E-state index in [0.717, 1.165) is 38.9 Å². The summed E-state index contributed by atoms with van der Waals surface area (Å²) in [7, 11) is 0. The summed E-state index contributed by atoms with van der Waals surface area (Å²) in [6, 6.07) is 46.5. The van der Waals surface area contributed by atoms with Crippen LogP contribution in [0.4, 0.5) is 4.79 Å². The standard InChI is InChI=1S/C38H33NO3S/c40-36(43)35(39-37(41)42-26-34-32-22-12-10-20-30(32)31-21-11-13-23-33(31)34)24-25-38(27-14-4-1-5-15-27,28-16-6-2-7-17-28)29-18-8-3-9-19-29/h1-23,34-35H,24-26H2,(H,39,41)(H,40,43)/t35-/m0/s1. The Balaban J connectivity index is 1.23. The van der Waals surface area contributed by atoms with E-state index in [0.29, 0.717) is 12.8 Å². The number of thiol groups is 1. The van der Waals surface area contributed by atoms with E-state index in [1.807, 2.05) is 78.9 Å². The maximum Gasteiger partial charge on any atom is 0.407 e. The molecule has 0 radical (unpaired) electrons. The van der Waals surface area contributed by atoms with Gasteiger partial charge < -0.3 is 10.1 Å². The minimum Gasteiger partial charge on any atom is -0.449 e. The van der Waals surface area contributed by atoms with Crippen molar-refractivity contribution in [2.75, 3.05) is 6.61 Å². The van der Waals surface area contributed by atoms with Crippen LogP contribution in [0.3, 0.4) is 0 Å². The lowest BCUT2D eigenvalue weighted by Gasteiger charge is -2.37. The SMILES string of the molecule is O=C(N[C@@H](CCC(c1ccccc1)(c1ccccc1)c1ccccc1)C(=O)S)OCC1c2ccccc2-c2ccccc21. The molecule has 0 spiro atoms. The van der Waals surface area contributed by atoms with Gasteiger partial charge >= 0.3 is 6.09 Å². The Morgan fingerprint density at radius 2 is 1.07 bits per heavy atom. The van der Waals surface area contributed by atoms with Crippen molar-refractivity contribution < 1.29 is 14.3 Å². The van der Waals surface area contributed by atoms with Crippen LogP contribution < -0.4 is 5.32 Å². The molecule has 0 aromatic heterocycles. The predicted octanol–water partition coefficient (Wildman–Crippen LogP) is 8.16. The first kappa shape index (κ1) is 28.5. The Hall–Kier alpha value is -4.61. The third-order valence-electron chi connectivity index (χ3n) is 8.54.